The van der Waals surface area contributed by atoms with Crippen LogP contribution in [0.4, 0.5) is 0 Å². The molecule has 26 heavy (non-hydrogen) atoms. The van der Waals surface area contributed by atoms with Gasteiger partial charge in [-0.05, 0) is 50.6 Å². The summed E-state index contributed by atoms with van der Waals surface area (Å²) in [6.07, 6.45) is 6.19. The summed E-state index contributed by atoms with van der Waals surface area (Å²) in [6, 6.07) is 12.8. The Kier molecular flexibility index (Phi) is 4.76. The average molecular weight is 348 g/mol. The molecular formula is C22H20O4. The lowest BCUT2D eigenvalue weighted by atomic mass is 10.0. The number of hydrogen-bond donors (Lipinski definition) is 0. The molecular weight excluding hydrogens is 328 g/mol. The predicted molar refractivity (Wildman–Crippen MR) is 101 cm³/mol. The number of esters is 1. The number of fused-ring (bicyclic) bond motifs is 1. The minimum Gasteiger partial charge on any atom is -0.457 e. The van der Waals surface area contributed by atoms with Crippen LogP contribution in [0.15, 0.2) is 54.6 Å². The average Bonchev–Trinajstić information content (AvgIpc) is 3.37. The van der Waals surface area contributed by atoms with Crippen molar-refractivity contribution in [3.63, 3.8) is 0 Å². The molecule has 4 nitrogen and oxygen atoms in total. The number of carbonyl (C=O) groups excluding carboxylic acids is 2. The molecule has 0 amide bonds. The highest BCUT2D eigenvalue weighted by Crippen LogP contribution is 2.48. The van der Waals surface area contributed by atoms with Gasteiger partial charge in [0, 0.05) is 17.2 Å². The van der Waals surface area contributed by atoms with Crippen LogP contribution in [-0.4, -0.2) is 17.4 Å². The molecule has 2 aromatic rings. The first-order valence-electron chi connectivity index (χ1n) is 8.37. The standard InChI is InChI=1S/C22H20O4/c1-22(2,3)26-20(24)14-12-15-7-4-5-9-17(15)18(23)13-11-16-8-6-10-19-21(16)25-19/h4-14H,1-3H3/b13-11+,14-12+. The van der Waals surface area contributed by atoms with E-state index in [-0.39, 0.29) is 5.78 Å². The maximum atomic E-state index is 12.6. The second kappa shape index (κ2) is 7.00. The van der Waals surface area contributed by atoms with Crippen molar-refractivity contribution in [1.82, 2.24) is 0 Å². The summed E-state index contributed by atoms with van der Waals surface area (Å²) in [4.78, 5) is 24.4. The Morgan fingerprint density at radius 3 is 2.38 bits per heavy atom. The van der Waals surface area contributed by atoms with E-state index >= 15 is 0 Å². The number of hydrogen-bond acceptors (Lipinski definition) is 4. The molecule has 4 heteroatoms. The molecule has 0 unspecified atom stereocenters. The fraction of sp³-hybridized carbons (Fsp3) is 0.182. The first kappa shape index (κ1) is 17.7. The van der Waals surface area contributed by atoms with Crippen LogP contribution in [0.2, 0.25) is 0 Å². The zero-order chi connectivity index (χ0) is 18.7. The largest absolute Gasteiger partial charge is 0.457 e. The van der Waals surface area contributed by atoms with E-state index in [1.54, 1.807) is 51.1 Å². The number of allylic oxidation sites excluding steroid dienone is 1. The van der Waals surface area contributed by atoms with Gasteiger partial charge in [-0.3, -0.25) is 4.79 Å². The van der Waals surface area contributed by atoms with E-state index < -0.39 is 11.6 Å². The SMILES string of the molecule is CC(C)(C)OC(=O)/C=C/c1ccccc1C(=O)/C=C/c1cccc2c1O2. The molecule has 2 aromatic carbocycles. The number of rotatable bonds is 5. The normalized spacial score (nSPS) is 12.7. The van der Waals surface area contributed by atoms with E-state index in [4.69, 9.17) is 9.47 Å². The third kappa shape index (κ3) is 4.48. The van der Waals surface area contributed by atoms with Crippen molar-refractivity contribution in [2.24, 2.45) is 0 Å². The first-order chi connectivity index (χ1) is 12.3. The molecule has 0 fully saturated rings. The van der Waals surface area contributed by atoms with E-state index in [0.717, 1.165) is 17.1 Å². The van der Waals surface area contributed by atoms with E-state index in [1.807, 2.05) is 24.3 Å². The number of ether oxygens (including phenoxy) is 2. The van der Waals surface area contributed by atoms with Gasteiger partial charge in [0.25, 0.3) is 0 Å². The molecule has 1 heterocycles. The summed E-state index contributed by atoms with van der Waals surface area (Å²) < 4.78 is 10.6. The van der Waals surface area contributed by atoms with Crippen molar-refractivity contribution in [3.05, 3.63) is 71.3 Å². The quantitative estimate of drug-likeness (QED) is 0.280. The van der Waals surface area contributed by atoms with Crippen molar-refractivity contribution in [1.29, 1.82) is 0 Å². The lowest BCUT2D eigenvalue weighted by Gasteiger charge is -2.17. The maximum Gasteiger partial charge on any atom is 0.331 e. The fourth-order valence-electron chi connectivity index (χ4n) is 2.46. The zero-order valence-electron chi connectivity index (χ0n) is 15.0. The van der Waals surface area contributed by atoms with Crippen molar-refractivity contribution >= 4 is 23.9 Å². The van der Waals surface area contributed by atoms with Crippen molar-refractivity contribution < 1.29 is 19.1 Å². The Morgan fingerprint density at radius 1 is 0.923 bits per heavy atom. The summed E-state index contributed by atoms with van der Waals surface area (Å²) in [5, 5.41) is 0. The summed E-state index contributed by atoms with van der Waals surface area (Å²) in [5.41, 5.74) is 1.49. The fourth-order valence-corrected chi connectivity index (χ4v) is 2.46. The smallest absolute Gasteiger partial charge is 0.331 e. The lowest BCUT2D eigenvalue weighted by Crippen LogP contribution is -2.22. The van der Waals surface area contributed by atoms with Crippen LogP contribution in [0.25, 0.3) is 12.2 Å². The van der Waals surface area contributed by atoms with E-state index in [2.05, 4.69) is 0 Å². The molecule has 3 rings (SSSR count). The van der Waals surface area contributed by atoms with Crippen LogP contribution in [0.3, 0.4) is 0 Å². The summed E-state index contributed by atoms with van der Waals surface area (Å²) in [5.74, 6) is 1.07. The van der Waals surface area contributed by atoms with Gasteiger partial charge in [-0.25, -0.2) is 4.79 Å². The third-order valence-corrected chi connectivity index (χ3v) is 3.63. The van der Waals surface area contributed by atoms with Crippen LogP contribution in [0, 0.1) is 0 Å². The van der Waals surface area contributed by atoms with E-state index in [1.165, 1.54) is 12.2 Å². The lowest BCUT2D eigenvalue weighted by molar-refractivity contribution is -0.148. The third-order valence-electron chi connectivity index (χ3n) is 3.63. The molecule has 0 aromatic heterocycles. The highest BCUT2D eigenvalue weighted by molar-refractivity contribution is 6.09. The minimum absolute atomic E-state index is 0.146. The van der Waals surface area contributed by atoms with Crippen molar-refractivity contribution in [2.45, 2.75) is 26.4 Å². The second-order valence-electron chi connectivity index (χ2n) is 6.93. The molecule has 0 spiro atoms. The number of ketones is 1. The van der Waals surface area contributed by atoms with Gasteiger partial charge in [0.05, 0.1) is 0 Å². The highest BCUT2D eigenvalue weighted by atomic mass is 16.6. The van der Waals surface area contributed by atoms with Crippen LogP contribution in [0.1, 0.15) is 42.3 Å². The van der Waals surface area contributed by atoms with E-state index in [0.29, 0.717) is 11.1 Å². The molecule has 1 aliphatic heterocycles. The van der Waals surface area contributed by atoms with Gasteiger partial charge in [-0.1, -0.05) is 36.4 Å². The molecule has 0 saturated heterocycles. The Labute approximate surface area is 152 Å². The predicted octanol–water partition coefficient (Wildman–Crippen LogP) is 5.04. The molecule has 132 valence electrons. The van der Waals surface area contributed by atoms with Crippen LogP contribution in [0.5, 0.6) is 11.5 Å². The Balaban J connectivity index is 1.75. The van der Waals surface area contributed by atoms with Crippen molar-refractivity contribution in [3.8, 4) is 11.5 Å². The van der Waals surface area contributed by atoms with Gasteiger partial charge in [-0.15, -0.1) is 0 Å². The molecule has 0 N–H and O–H groups in total. The summed E-state index contributed by atoms with van der Waals surface area (Å²) in [6.45, 7) is 5.42. The number of para-hydroxylation sites is 1. The van der Waals surface area contributed by atoms with Gasteiger partial charge in [0.15, 0.2) is 17.3 Å². The summed E-state index contributed by atoms with van der Waals surface area (Å²) in [7, 11) is 0. The molecule has 1 aliphatic rings. The van der Waals surface area contributed by atoms with Crippen molar-refractivity contribution in [2.75, 3.05) is 0 Å². The minimum atomic E-state index is -0.555. The van der Waals surface area contributed by atoms with Crippen LogP contribution < -0.4 is 4.74 Å². The molecule has 0 bridgehead atoms. The number of carbonyl (C=O) groups is 2. The molecule has 0 radical (unpaired) electrons. The van der Waals surface area contributed by atoms with Crippen LogP contribution >= 0.6 is 0 Å². The monoisotopic (exact) mass is 348 g/mol. The summed E-state index contributed by atoms with van der Waals surface area (Å²) >= 11 is 0. The maximum absolute atomic E-state index is 12.6. The Morgan fingerprint density at radius 2 is 1.62 bits per heavy atom. The van der Waals surface area contributed by atoms with E-state index in [9.17, 15) is 9.59 Å². The van der Waals surface area contributed by atoms with Gasteiger partial charge < -0.3 is 9.47 Å². The Bertz CT molecular complexity index is 914. The molecule has 0 atom stereocenters. The van der Waals surface area contributed by atoms with Gasteiger partial charge in [0.2, 0.25) is 0 Å². The van der Waals surface area contributed by atoms with Gasteiger partial charge in [0.1, 0.15) is 5.60 Å². The van der Waals surface area contributed by atoms with Gasteiger partial charge in [-0.2, -0.15) is 0 Å². The first-order valence-corrected chi connectivity index (χ1v) is 8.37. The highest BCUT2D eigenvalue weighted by Gasteiger charge is 2.22. The Hall–Kier alpha value is -3.14. The molecule has 0 aliphatic carbocycles. The topological polar surface area (TPSA) is 55.9 Å². The van der Waals surface area contributed by atoms with Crippen LogP contribution in [-0.2, 0) is 9.53 Å². The zero-order valence-corrected chi connectivity index (χ0v) is 15.0. The molecule has 0 saturated carbocycles. The number of benzene rings is 2. The van der Waals surface area contributed by atoms with Gasteiger partial charge >= 0.3 is 5.97 Å². The second-order valence-corrected chi connectivity index (χ2v) is 6.93.